The molecule has 2 aromatic rings. The molecule has 0 amide bonds. The summed E-state index contributed by atoms with van der Waals surface area (Å²) in [4.78, 5) is 61.7. The fourth-order valence-electron chi connectivity index (χ4n) is 2.70. The molecule has 0 saturated heterocycles. The van der Waals surface area contributed by atoms with E-state index in [1.54, 1.807) is 36.4 Å². The molecule has 0 N–H and O–H groups in total. The Morgan fingerprint density at radius 1 is 0.724 bits per heavy atom. The number of hydrogen-bond acceptors (Lipinski definition) is 7. The second kappa shape index (κ2) is 9.54. The molecular formula is C22H20O7. The van der Waals surface area contributed by atoms with E-state index in [4.69, 9.17) is 9.47 Å². The van der Waals surface area contributed by atoms with Crippen LogP contribution in [0.5, 0.6) is 0 Å². The van der Waals surface area contributed by atoms with Gasteiger partial charge < -0.3 is 9.47 Å². The summed E-state index contributed by atoms with van der Waals surface area (Å²) in [5.41, 5.74) is -1.91. The molecule has 150 valence electrons. The zero-order valence-electron chi connectivity index (χ0n) is 16.0. The number of ketones is 1. The van der Waals surface area contributed by atoms with Crippen LogP contribution in [0.1, 0.15) is 47.4 Å². The van der Waals surface area contributed by atoms with Crippen LogP contribution in [0, 0.1) is 5.41 Å². The second-order valence-electron chi connectivity index (χ2n) is 6.40. The van der Waals surface area contributed by atoms with Gasteiger partial charge in [-0.05, 0) is 37.6 Å². The summed E-state index contributed by atoms with van der Waals surface area (Å²) in [5.74, 6) is -4.93. The topological polar surface area (TPSA) is 104 Å². The smallest absolute Gasteiger partial charge is 0.345 e. The molecule has 0 saturated carbocycles. The average Bonchev–Trinajstić information content (AvgIpc) is 2.72. The molecule has 0 bridgehead atoms. The molecule has 7 nitrogen and oxygen atoms in total. The summed E-state index contributed by atoms with van der Waals surface area (Å²) < 4.78 is 9.72. The fourth-order valence-corrected chi connectivity index (χ4v) is 2.70. The van der Waals surface area contributed by atoms with Gasteiger partial charge in [-0.1, -0.05) is 43.3 Å². The lowest BCUT2D eigenvalue weighted by Gasteiger charge is -2.26. The van der Waals surface area contributed by atoms with Gasteiger partial charge in [0.2, 0.25) is 0 Å². The minimum Gasteiger partial charge on any atom is -0.389 e. The summed E-state index contributed by atoms with van der Waals surface area (Å²) in [6.07, 6.45) is -0.764. The molecule has 0 heterocycles. The predicted molar refractivity (Wildman–Crippen MR) is 102 cm³/mol. The molecule has 0 spiro atoms. The van der Waals surface area contributed by atoms with E-state index in [0.29, 0.717) is 0 Å². The van der Waals surface area contributed by atoms with Crippen LogP contribution in [0.25, 0.3) is 0 Å². The fraction of sp³-hybridized carbons (Fsp3) is 0.227. The highest BCUT2D eigenvalue weighted by molar-refractivity contribution is 6.11. The molecule has 0 aliphatic rings. The molecule has 0 unspecified atom stereocenters. The van der Waals surface area contributed by atoms with Crippen molar-refractivity contribution in [3.8, 4) is 0 Å². The van der Waals surface area contributed by atoms with Gasteiger partial charge in [0.1, 0.15) is 5.78 Å². The zero-order chi connectivity index (χ0) is 21.4. The van der Waals surface area contributed by atoms with Gasteiger partial charge in [0.05, 0.1) is 11.1 Å². The first kappa shape index (κ1) is 21.7. The summed E-state index contributed by atoms with van der Waals surface area (Å²) in [5, 5.41) is 0. The van der Waals surface area contributed by atoms with E-state index < -0.39 is 41.5 Å². The number of esters is 4. The van der Waals surface area contributed by atoms with Crippen LogP contribution < -0.4 is 0 Å². The van der Waals surface area contributed by atoms with E-state index in [1.165, 1.54) is 38.1 Å². The third kappa shape index (κ3) is 5.22. The first-order valence-corrected chi connectivity index (χ1v) is 8.93. The van der Waals surface area contributed by atoms with Crippen LogP contribution in [-0.2, 0) is 23.9 Å². The van der Waals surface area contributed by atoms with Crippen molar-refractivity contribution < 1.29 is 33.4 Å². The third-order valence-electron chi connectivity index (χ3n) is 4.33. The predicted octanol–water partition coefficient (Wildman–Crippen LogP) is 3.13. The first-order valence-electron chi connectivity index (χ1n) is 8.93. The first-order chi connectivity index (χ1) is 13.8. The van der Waals surface area contributed by atoms with Crippen molar-refractivity contribution in [3.63, 3.8) is 0 Å². The molecule has 7 heteroatoms. The molecule has 2 rings (SSSR count). The minimum absolute atomic E-state index is 0.0995. The van der Waals surface area contributed by atoms with Crippen molar-refractivity contribution in [1.29, 1.82) is 0 Å². The van der Waals surface area contributed by atoms with Crippen LogP contribution in [0.3, 0.4) is 0 Å². The highest BCUT2D eigenvalue weighted by atomic mass is 16.6. The van der Waals surface area contributed by atoms with Crippen molar-refractivity contribution in [2.24, 2.45) is 5.41 Å². The van der Waals surface area contributed by atoms with E-state index in [2.05, 4.69) is 0 Å². The lowest BCUT2D eigenvalue weighted by molar-refractivity contribution is -0.167. The van der Waals surface area contributed by atoms with E-state index in [0.717, 1.165) is 0 Å². The van der Waals surface area contributed by atoms with E-state index >= 15 is 0 Å². The summed E-state index contributed by atoms with van der Waals surface area (Å²) in [6, 6.07) is 15.4. The largest absolute Gasteiger partial charge is 0.389 e. The van der Waals surface area contributed by atoms with Gasteiger partial charge in [-0.2, -0.15) is 0 Å². The van der Waals surface area contributed by atoms with Crippen molar-refractivity contribution in [2.45, 2.75) is 26.7 Å². The van der Waals surface area contributed by atoms with Crippen molar-refractivity contribution in [2.75, 3.05) is 0 Å². The van der Waals surface area contributed by atoms with Crippen molar-refractivity contribution in [3.05, 3.63) is 71.8 Å². The number of carbonyl (C=O) groups is 5. The van der Waals surface area contributed by atoms with Gasteiger partial charge in [0.25, 0.3) is 0 Å². The second-order valence-corrected chi connectivity index (χ2v) is 6.40. The van der Waals surface area contributed by atoms with Gasteiger partial charge in [-0.15, -0.1) is 0 Å². The molecule has 0 radical (unpaired) electrons. The van der Waals surface area contributed by atoms with E-state index in [9.17, 15) is 24.0 Å². The number of Topliss-reactive ketones (excluding diaryl/α,β-unsaturated/α-hetero) is 1. The Bertz CT molecular complexity index is 851. The zero-order valence-corrected chi connectivity index (χ0v) is 16.0. The highest BCUT2D eigenvalue weighted by Gasteiger charge is 2.50. The lowest BCUT2D eigenvalue weighted by atomic mass is 9.80. The Morgan fingerprint density at radius 2 is 1.10 bits per heavy atom. The number of ether oxygens (including phenoxy) is 2. The maximum Gasteiger partial charge on any atom is 0.345 e. The number of rotatable bonds is 7. The van der Waals surface area contributed by atoms with Crippen LogP contribution >= 0.6 is 0 Å². The highest BCUT2D eigenvalue weighted by Crippen LogP contribution is 2.31. The molecule has 0 aliphatic heterocycles. The monoisotopic (exact) mass is 396 g/mol. The van der Waals surface area contributed by atoms with Crippen LogP contribution in [0.15, 0.2) is 60.7 Å². The van der Waals surface area contributed by atoms with E-state index in [1.807, 2.05) is 0 Å². The summed E-state index contributed by atoms with van der Waals surface area (Å²) >= 11 is 0. The maximum atomic E-state index is 12.8. The van der Waals surface area contributed by atoms with Gasteiger partial charge in [0, 0.05) is 6.42 Å². The molecule has 0 aliphatic carbocycles. The Kier molecular flexibility index (Phi) is 7.14. The quantitative estimate of drug-likeness (QED) is 0.523. The number of carbonyl (C=O) groups excluding carboxylic acids is 5. The van der Waals surface area contributed by atoms with Crippen molar-refractivity contribution in [1.82, 2.24) is 0 Å². The Hall–Kier alpha value is -3.61. The average molecular weight is 396 g/mol. The Morgan fingerprint density at radius 3 is 1.41 bits per heavy atom. The normalized spacial score (nSPS) is 10.7. The molecule has 0 atom stereocenters. The summed E-state index contributed by atoms with van der Waals surface area (Å²) in [7, 11) is 0. The van der Waals surface area contributed by atoms with Crippen LogP contribution in [-0.4, -0.2) is 29.7 Å². The SMILES string of the molecule is CCC(CC(C)=O)(C(=O)OC(=O)c1ccccc1)C(=O)OC(=O)c1ccccc1. The molecule has 0 fully saturated rings. The number of hydrogen-bond donors (Lipinski definition) is 0. The standard InChI is InChI=1S/C22H20O7/c1-3-22(14-15(2)23,20(26)28-18(24)16-10-6-4-7-11-16)21(27)29-19(25)17-12-8-5-9-13-17/h4-13H,3,14H2,1-2H3. The minimum atomic E-state index is -2.11. The van der Waals surface area contributed by atoms with E-state index in [-0.39, 0.29) is 17.5 Å². The van der Waals surface area contributed by atoms with Gasteiger partial charge in [0.15, 0.2) is 5.41 Å². The Balaban J connectivity index is 2.27. The molecule has 0 aromatic heterocycles. The summed E-state index contributed by atoms with van der Waals surface area (Å²) in [6.45, 7) is 2.65. The maximum absolute atomic E-state index is 12.8. The third-order valence-corrected chi connectivity index (χ3v) is 4.33. The molecule has 29 heavy (non-hydrogen) atoms. The van der Waals surface area contributed by atoms with Crippen LogP contribution in [0.4, 0.5) is 0 Å². The van der Waals surface area contributed by atoms with Crippen molar-refractivity contribution >= 4 is 29.7 Å². The van der Waals surface area contributed by atoms with Crippen LogP contribution in [0.2, 0.25) is 0 Å². The lowest BCUT2D eigenvalue weighted by Crippen LogP contribution is -2.44. The molecule has 2 aromatic carbocycles. The van der Waals surface area contributed by atoms with Gasteiger partial charge in [-0.3, -0.25) is 14.4 Å². The van der Waals surface area contributed by atoms with Gasteiger partial charge >= 0.3 is 23.9 Å². The molecular weight excluding hydrogens is 376 g/mol. The Labute approximate surface area is 167 Å². The van der Waals surface area contributed by atoms with Gasteiger partial charge in [-0.25, -0.2) is 9.59 Å². The number of benzene rings is 2.